The van der Waals surface area contributed by atoms with Crippen molar-refractivity contribution >= 4 is 17.6 Å². The van der Waals surface area contributed by atoms with Crippen molar-refractivity contribution in [3.8, 4) is 0 Å². The lowest BCUT2D eigenvalue weighted by Gasteiger charge is -1.95. The molecule has 2 rings (SSSR count). The fourth-order valence-corrected chi connectivity index (χ4v) is 1.42. The first-order chi connectivity index (χ1) is 6.34. The number of nitrogen functional groups attached to an aromatic ring is 1. The van der Waals surface area contributed by atoms with Crippen LogP contribution in [0.3, 0.4) is 0 Å². The number of hydrogen-bond acceptors (Lipinski definition) is 6. The minimum Gasteiger partial charge on any atom is -0.440 e. The Bertz CT molecular complexity index is 389. The third-order valence-electron chi connectivity index (χ3n) is 1.23. The summed E-state index contributed by atoms with van der Waals surface area (Å²) < 4.78 is 5.02. The van der Waals surface area contributed by atoms with Crippen molar-refractivity contribution < 1.29 is 4.42 Å². The number of aromatic nitrogens is 3. The highest BCUT2D eigenvalue weighted by atomic mass is 32.2. The van der Waals surface area contributed by atoms with Crippen LogP contribution in [-0.4, -0.2) is 15.0 Å². The zero-order chi connectivity index (χ0) is 9.10. The average Bonchev–Trinajstić information content (AvgIpc) is 2.57. The van der Waals surface area contributed by atoms with E-state index in [0.717, 1.165) is 0 Å². The smallest absolute Gasteiger partial charge is 0.262 e. The maximum absolute atomic E-state index is 5.45. The number of anilines is 1. The van der Waals surface area contributed by atoms with Gasteiger partial charge in [-0.2, -0.15) is 0 Å². The summed E-state index contributed by atoms with van der Waals surface area (Å²) in [4.78, 5) is 11.8. The molecule has 2 aromatic rings. The van der Waals surface area contributed by atoms with Crippen LogP contribution < -0.4 is 5.73 Å². The van der Waals surface area contributed by atoms with Crippen LogP contribution in [0.25, 0.3) is 0 Å². The summed E-state index contributed by atoms with van der Waals surface area (Å²) in [6.45, 7) is 0. The number of hydrogen-bond donors (Lipinski definition) is 1. The van der Waals surface area contributed by atoms with Gasteiger partial charge in [0.1, 0.15) is 17.1 Å². The third kappa shape index (κ3) is 1.97. The quantitative estimate of drug-likeness (QED) is 0.773. The second-order valence-corrected chi connectivity index (χ2v) is 3.15. The summed E-state index contributed by atoms with van der Waals surface area (Å²) in [5, 5.41) is 1.20. The van der Waals surface area contributed by atoms with Crippen LogP contribution in [0.15, 0.2) is 39.5 Å². The van der Waals surface area contributed by atoms with Crippen LogP contribution in [0.2, 0.25) is 0 Å². The molecule has 5 nitrogen and oxygen atoms in total. The molecule has 0 fully saturated rings. The molecule has 2 aromatic heterocycles. The molecule has 2 N–H and O–H groups in total. The summed E-state index contributed by atoms with van der Waals surface area (Å²) in [5.74, 6) is 0.386. The van der Waals surface area contributed by atoms with E-state index in [9.17, 15) is 0 Å². The normalized spacial score (nSPS) is 10.2. The molecular weight excluding hydrogens is 188 g/mol. The van der Waals surface area contributed by atoms with E-state index >= 15 is 0 Å². The molecule has 0 aliphatic rings. The average molecular weight is 194 g/mol. The van der Waals surface area contributed by atoms with Crippen LogP contribution in [0, 0.1) is 0 Å². The lowest BCUT2D eigenvalue weighted by atomic mass is 10.7. The molecule has 0 bridgehead atoms. The van der Waals surface area contributed by atoms with Gasteiger partial charge in [0.2, 0.25) is 0 Å². The summed E-state index contributed by atoms with van der Waals surface area (Å²) in [5.41, 5.74) is 5.45. The van der Waals surface area contributed by atoms with Gasteiger partial charge in [-0.25, -0.2) is 9.97 Å². The highest BCUT2D eigenvalue weighted by Crippen LogP contribution is 2.23. The molecule has 0 spiro atoms. The predicted molar refractivity (Wildman–Crippen MR) is 47.1 cm³/mol. The van der Waals surface area contributed by atoms with E-state index in [0.29, 0.717) is 16.1 Å². The molecule has 0 radical (unpaired) electrons. The van der Waals surface area contributed by atoms with Crippen molar-refractivity contribution in [2.75, 3.05) is 5.73 Å². The van der Waals surface area contributed by atoms with E-state index < -0.39 is 0 Å². The van der Waals surface area contributed by atoms with Crippen LogP contribution in [0.1, 0.15) is 0 Å². The first kappa shape index (κ1) is 8.06. The van der Waals surface area contributed by atoms with E-state index in [4.69, 9.17) is 10.2 Å². The number of oxazole rings is 1. The molecule has 0 aliphatic carbocycles. The van der Waals surface area contributed by atoms with Gasteiger partial charge in [0, 0.05) is 0 Å². The maximum atomic E-state index is 5.45. The number of nitrogens with zero attached hydrogens (tertiary/aromatic N) is 3. The Morgan fingerprint density at radius 1 is 1.38 bits per heavy atom. The molecule has 66 valence electrons. The summed E-state index contributed by atoms with van der Waals surface area (Å²) in [7, 11) is 0. The number of nitrogens with two attached hydrogens (primary N) is 1. The SMILES string of the molecule is Nc1cncc(Sc2ncco2)n1. The molecule has 0 aromatic carbocycles. The fourth-order valence-electron chi connectivity index (χ4n) is 0.762. The van der Waals surface area contributed by atoms with Crippen LogP contribution in [0.4, 0.5) is 5.82 Å². The standard InChI is InChI=1S/C7H6N4OS/c8-5-3-9-4-6(11-5)13-7-10-1-2-12-7/h1-4H,(H2,8,11). The molecule has 0 saturated heterocycles. The van der Waals surface area contributed by atoms with Crippen molar-refractivity contribution in [3.05, 3.63) is 24.9 Å². The molecule has 0 unspecified atom stereocenters. The Hall–Kier alpha value is -1.56. The molecule has 0 aliphatic heterocycles. The molecule has 0 atom stereocenters. The minimum atomic E-state index is 0.386. The van der Waals surface area contributed by atoms with Crippen molar-refractivity contribution in [1.82, 2.24) is 15.0 Å². The zero-order valence-electron chi connectivity index (χ0n) is 6.54. The van der Waals surface area contributed by atoms with Gasteiger partial charge in [0.15, 0.2) is 0 Å². The number of rotatable bonds is 2. The van der Waals surface area contributed by atoms with Gasteiger partial charge in [-0.3, -0.25) is 4.98 Å². The van der Waals surface area contributed by atoms with E-state index in [2.05, 4.69) is 15.0 Å². The van der Waals surface area contributed by atoms with E-state index in [1.54, 1.807) is 12.4 Å². The molecule has 0 saturated carbocycles. The molecule has 13 heavy (non-hydrogen) atoms. The summed E-state index contributed by atoms with van der Waals surface area (Å²) in [6, 6.07) is 0. The topological polar surface area (TPSA) is 77.8 Å². The second-order valence-electron chi connectivity index (χ2n) is 2.18. The Morgan fingerprint density at radius 2 is 2.31 bits per heavy atom. The Kier molecular flexibility index (Phi) is 2.13. The van der Waals surface area contributed by atoms with Crippen molar-refractivity contribution in [2.45, 2.75) is 10.2 Å². The van der Waals surface area contributed by atoms with Crippen molar-refractivity contribution in [2.24, 2.45) is 0 Å². The van der Waals surface area contributed by atoms with E-state index in [1.165, 1.54) is 24.2 Å². The van der Waals surface area contributed by atoms with E-state index in [1.807, 2.05) is 0 Å². The van der Waals surface area contributed by atoms with Gasteiger partial charge in [0.05, 0.1) is 18.6 Å². The van der Waals surface area contributed by atoms with Gasteiger partial charge in [0.25, 0.3) is 5.22 Å². The Morgan fingerprint density at radius 3 is 3.00 bits per heavy atom. The van der Waals surface area contributed by atoms with Gasteiger partial charge < -0.3 is 10.2 Å². The predicted octanol–water partition coefficient (Wildman–Crippen LogP) is 1.20. The molecule has 0 amide bonds. The van der Waals surface area contributed by atoms with Gasteiger partial charge in [-0.15, -0.1) is 0 Å². The van der Waals surface area contributed by atoms with Crippen LogP contribution >= 0.6 is 11.8 Å². The molecule has 6 heteroatoms. The maximum Gasteiger partial charge on any atom is 0.262 e. The Labute approximate surface area is 78.4 Å². The monoisotopic (exact) mass is 194 g/mol. The highest BCUT2D eigenvalue weighted by Gasteiger charge is 2.02. The largest absolute Gasteiger partial charge is 0.440 e. The molecular formula is C7H6N4OS. The fraction of sp³-hybridized carbons (Fsp3) is 0. The van der Waals surface area contributed by atoms with Gasteiger partial charge >= 0.3 is 0 Å². The van der Waals surface area contributed by atoms with Gasteiger partial charge in [-0.1, -0.05) is 0 Å². The first-order valence-corrected chi connectivity index (χ1v) is 4.31. The van der Waals surface area contributed by atoms with Crippen LogP contribution in [-0.2, 0) is 0 Å². The van der Waals surface area contributed by atoms with Gasteiger partial charge in [-0.05, 0) is 11.8 Å². The third-order valence-corrected chi connectivity index (χ3v) is 2.01. The first-order valence-electron chi connectivity index (χ1n) is 3.49. The summed E-state index contributed by atoms with van der Waals surface area (Å²) in [6.07, 6.45) is 6.16. The highest BCUT2D eigenvalue weighted by molar-refractivity contribution is 7.99. The van der Waals surface area contributed by atoms with Crippen molar-refractivity contribution in [3.63, 3.8) is 0 Å². The lowest BCUT2D eigenvalue weighted by Crippen LogP contribution is -1.91. The molecule has 2 heterocycles. The van der Waals surface area contributed by atoms with Crippen molar-refractivity contribution in [1.29, 1.82) is 0 Å². The minimum absolute atomic E-state index is 0.386. The van der Waals surface area contributed by atoms with Crippen LogP contribution in [0.5, 0.6) is 0 Å². The summed E-state index contributed by atoms with van der Waals surface area (Å²) >= 11 is 1.28. The Balaban J connectivity index is 2.19. The lowest BCUT2D eigenvalue weighted by molar-refractivity contribution is 0.454. The zero-order valence-corrected chi connectivity index (χ0v) is 7.36. The second kappa shape index (κ2) is 3.44. The van der Waals surface area contributed by atoms with E-state index in [-0.39, 0.29) is 0 Å².